The molecule has 0 unspecified atom stereocenters. The minimum atomic E-state index is -0.147. The zero-order valence-electron chi connectivity index (χ0n) is 16.8. The van der Waals surface area contributed by atoms with Crippen LogP contribution in [0.15, 0.2) is 36.7 Å². The Morgan fingerprint density at radius 3 is 2.66 bits per heavy atom. The molecule has 0 bridgehead atoms. The highest BCUT2D eigenvalue weighted by molar-refractivity contribution is 6.00. The molecule has 0 saturated carbocycles. The number of hydrogen-bond acceptors (Lipinski definition) is 5. The van der Waals surface area contributed by atoms with Gasteiger partial charge < -0.3 is 5.32 Å². The summed E-state index contributed by atoms with van der Waals surface area (Å²) in [5.41, 5.74) is 3.79. The largest absolute Gasteiger partial charge is 0.350 e. The molecule has 2 aromatic heterocycles. The van der Waals surface area contributed by atoms with Gasteiger partial charge in [0.1, 0.15) is 0 Å². The van der Waals surface area contributed by atoms with E-state index in [-0.39, 0.29) is 17.1 Å². The summed E-state index contributed by atoms with van der Waals surface area (Å²) in [4.78, 5) is 24.9. The Morgan fingerprint density at radius 1 is 1.21 bits per heavy atom. The standard InChI is InChI=1S/C21H24N6O2/c1-14-19-17(12-21(2,3)13-18(19)28)27(24-14)16-6-4-15(5-7-16)20(29)22-8-10-26-11-9-23-25-26/h4-7,9,11H,8,10,12-13H2,1-3H3,(H,22,29). The SMILES string of the molecule is Cc1nn(-c2ccc(C(=O)NCCn3ccnn3)cc2)c2c1C(=O)CC(C)(C)C2. The Kier molecular flexibility index (Phi) is 4.77. The Balaban J connectivity index is 1.51. The smallest absolute Gasteiger partial charge is 0.251 e. The van der Waals surface area contributed by atoms with E-state index in [0.717, 1.165) is 29.1 Å². The van der Waals surface area contributed by atoms with Gasteiger partial charge in [0.25, 0.3) is 5.91 Å². The maximum atomic E-state index is 12.6. The molecule has 150 valence electrons. The second-order valence-corrected chi connectivity index (χ2v) is 8.23. The van der Waals surface area contributed by atoms with Crippen molar-refractivity contribution < 1.29 is 9.59 Å². The van der Waals surface area contributed by atoms with Crippen LogP contribution >= 0.6 is 0 Å². The Labute approximate surface area is 168 Å². The lowest BCUT2D eigenvalue weighted by molar-refractivity contribution is 0.0908. The maximum Gasteiger partial charge on any atom is 0.251 e. The van der Waals surface area contributed by atoms with Gasteiger partial charge in [-0.05, 0) is 43.0 Å². The number of rotatable bonds is 5. The van der Waals surface area contributed by atoms with Crippen molar-refractivity contribution in [2.24, 2.45) is 5.41 Å². The minimum Gasteiger partial charge on any atom is -0.350 e. The Bertz CT molecular complexity index is 1050. The summed E-state index contributed by atoms with van der Waals surface area (Å²) in [5, 5.41) is 15.1. The molecule has 4 rings (SSSR count). The molecule has 8 nitrogen and oxygen atoms in total. The monoisotopic (exact) mass is 392 g/mol. The third-order valence-corrected chi connectivity index (χ3v) is 5.19. The Hall–Kier alpha value is -3.29. The van der Waals surface area contributed by atoms with Crippen LogP contribution in [0.4, 0.5) is 0 Å². The van der Waals surface area contributed by atoms with E-state index in [0.29, 0.717) is 25.1 Å². The molecule has 0 aliphatic heterocycles. The molecule has 1 amide bonds. The highest BCUT2D eigenvalue weighted by atomic mass is 16.1. The number of hydrogen-bond donors (Lipinski definition) is 1. The summed E-state index contributed by atoms with van der Waals surface area (Å²) in [7, 11) is 0. The predicted molar refractivity (Wildman–Crippen MR) is 107 cm³/mol. The predicted octanol–water partition coefficient (Wildman–Crippen LogP) is 2.36. The van der Waals surface area contributed by atoms with Crippen molar-refractivity contribution in [3.8, 4) is 5.69 Å². The number of carbonyl (C=O) groups excluding carboxylic acids is 2. The van der Waals surface area contributed by atoms with Crippen LogP contribution in [0.1, 0.15) is 52.4 Å². The topological polar surface area (TPSA) is 94.7 Å². The first kappa shape index (κ1) is 19.0. The van der Waals surface area contributed by atoms with E-state index >= 15 is 0 Å². The molecule has 0 radical (unpaired) electrons. The van der Waals surface area contributed by atoms with Gasteiger partial charge in [-0.1, -0.05) is 19.1 Å². The highest BCUT2D eigenvalue weighted by Crippen LogP contribution is 2.36. The van der Waals surface area contributed by atoms with Gasteiger partial charge in [0.2, 0.25) is 0 Å². The molecule has 2 heterocycles. The van der Waals surface area contributed by atoms with Gasteiger partial charge in [0, 0.05) is 24.7 Å². The molecule has 0 atom stereocenters. The number of amides is 1. The van der Waals surface area contributed by atoms with Gasteiger partial charge in [-0.3, -0.25) is 14.3 Å². The van der Waals surface area contributed by atoms with E-state index in [9.17, 15) is 9.59 Å². The fourth-order valence-corrected chi connectivity index (χ4v) is 3.85. The third kappa shape index (κ3) is 3.83. The summed E-state index contributed by atoms with van der Waals surface area (Å²) < 4.78 is 3.51. The van der Waals surface area contributed by atoms with Crippen LogP contribution in [0.2, 0.25) is 0 Å². The highest BCUT2D eigenvalue weighted by Gasteiger charge is 2.35. The van der Waals surface area contributed by atoms with Gasteiger partial charge in [0.15, 0.2) is 5.78 Å². The van der Waals surface area contributed by atoms with Crippen LogP contribution in [0.5, 0.6) is 0 Å². The van der Waals surface area contributed by atoms with E-state index in [1.807, 2.05) is 23.7 Å². The van der Waals surface area contributed by atoms with Crippen molar-refractivity contribution in [1.29, 1.82) is 0 Å². The van der Waals surface area contributed by atoms with Crippen molar-refractivity contribution in [2.45, 2.75) is 40.2 Å². The fourth-order valence-electron chi connectivity index (χ4n) is 3.85. The normalized spacial score (nSPS) is 15.2. The molecule has 1 aliphatic rings. The average molecular weight is 392 g/mol. The quantitative estimate of drug-likeness (QED) is 0.719. The number of nitrogens with zero attached hydrogens (tertiary/aromatic N) is 5. The van der Waals surface area contributed by atoms with E-state index in [2.05, 4.69) is 34.6 Å². The van der Waals surface area contributed by atoms with Crippen LogP contribution in [0, 0.1) is 12.3 Å². The van der Waals surface area contributed by atoms with Crippen LogP contribution < -0.4 is 5.32 Å². The molecular formula is C21H24N6O2. The summed E-state index contributed by atoms with van der Waals surface area (Å²) >= 11 is 0. The van der Waals surface area contributed by atoms with Crippen molar-refractivity contribution in [3.63, 3.8) is 0 Å². The second kappa shape index (κ2) is 7.27. The molecule has 1 N–H and O–H groups in total. The van der Waals surface area contributed by atoms with Gasteiger partial charge in [-0.2, -0.15) is 5.10 Å². The Morgan fingerprint density at radius 2 is 1.97 bits per heavy atom. The van der Waals surface area contributed by atoms with Crippen molar-refractivity contribution in [3.05, 3.63) is 59.2 Å². The first-order valence-electron chi connectivity index (χ1n) is 9.68. The van der Waals surface area contributed by atoms with Crippen molar-refractivity contribution >= 4 is 11.7 Å². The van der Waals surface area contributed by atoms with Crippen molar-refractivity contribution in [2.75, 3.05) is 6.54 Å². The van der Waals surface area contributed by atoms with Crippen molar-refractivity contribution in [1.82, 2.24) is 30.1 Å². The number of carbonyl (C=O) groups is 2. The lowest BCUT2D eigenvalue weighted by atomic mass is 9.75. The zero-order chi connectivity index (χ0) is 20.6. The van der Waals surface area contributed by atoms with Gasteiger partial charge in [-0.25, -0.2) is 4.68 Å². The van der Waals surface area contributed by atoms with Crippen LogP contribution in [0.3, 0.4) is 0 Å². The summed E-state index contributed by atoms with van der Waals surface area (Å²) in [6.07, 6.45) is 4.68. The number of fused-ring (bicyclic) bond motifs is 1. The fraction of sp³-hybridized carbons (Fsp3) is 0.381. The lowest BCUT2D eigenvalue weighted by Gasteiger charge is -2.29. The number of aromatic nitrogens is 5. The number of Topliss-reactive ketones (excluding diaryl/α,β-unsaturated/α-hetero) is 1. The van der Waals surface area contributed by atoms with E-state index in [1.54, 1.807) is 29.2 Å². The number of benzene rings is 1. The third-order valence-electron chi connectivity index (χ3n) is 5.19. The molecular weight excluding hydrogens is 368 g/mol. The zero-order valence-corrected chi connectivity index (χ0v) is 16.8. The molecule has 0 fully saturated rings. The average Bonchev–Trinajstić information content (AvgIpc) is 3.29. The number of nitrogens with one attached hydrogen (secondary N) is 1. The number of aryl methyl sites for hydroxylation is 1. The summed E-state index contributed by atoms with van der Waals surface area (Å²) in [6.45, 7) is 7.11. The van der Waals surface area contributed by atoms with Gasteiger partial charge in [-0.15, -0.1) is 5.10 Å². The summed E-state index contributed by atoms with van der Waals surface area (Å²) in [6, 6.07) is 7.29. The van der Waals surface area contributed by atoms with Gasteiger partial charge in [0.05, 0.1) is 35.4 Å². The van der Waals surface area contributed by atoms with Crippen LogP contribution in [0.25, 0.3) is 5.69 Å². The molecule has 0 spiro atoms. The molecule has 29 heavy (non-hydrogen) atoms. The molecule has 3 aromatic rings. The molecule has 8 heteroatoms. The first-order valence-corrected chi connectivity index (χ1v) is 9.68. The van der Waals surface area contributed by atoms with Gasteiger partial charge >= 0.3 is 0 Å². The maximum absolute atomic E-state index is 12.6. The van der Waals surface area contributed by atoms with Crippen LogP contribution in [-0.2, 0) is 13.0 Å². The first-order chi connectivity index (χ1) is 13.8. The van der Waals surface area contributed by atoms with E-state index in [4.69, 9.17) is 0 Å². The second-order valence-electron chi connectivity index (χ2n) is 8.23. The molecule has 1 aromatic carbocycles. The van der Waals surface area contributed by atoms with E-state index < -0.39 is 0 Å². The van der Waals surface area contributed by atoms with E-state index in [1.165, 1.54) is 0 Å². The number of ketones is 1. The minimum absolute atomic E-state index is 0.0851. The van der Waals surface area contributed by atoms with Crippen LogP contribution in [-0.4, -0.2) is 43.0 Å². The molecule has 1 aliphatic carbocycles. The summed E-state index contributed by atoms with van der Waals surface area (Å²) in [5.74, 6) is 0.00929. The molecule has 0 saturated heterocycles. The lowest BCUT2D eigenvalue weighted by Crippen LogP contribution is -2.28.